The van der Waals surface area contributed by atoms with Gasteiger partial charge in [-0.1, -0.05) is 74.9 Å². The molecule has 2 aromatic carbocycles. The number of nitrogens with zero attached hydrogens (tertiary/aromatic N) is 5. The summed E-state index contributed by atoms with van der Waals surface area (Å²) in [4.78, 5) is 12.4. The van der Waals surface area contributed by atoms with Crippen LogP contribution in [0.15, 0.2) is 48.5 Å². The fourth-order valence-electron chi connectivity index (χ4n) is 12.3. The van der Waals surface area contributed by atoms with Gasteiger partial charge in [-0.25, -0.2) is 0 Å². The molecule has 8 aliphatic rings. The molecule has 2 aromatic rings. The van der Waals surface area contributed by atoms with Crippen LogP contribution < -0.4 is 9.80 Å². The fraction of sp³-hybridized carbons (Fsp3) is 0.765. The van der Waals surface area contributed by atoms with Gasteiger partial charge >= 0.3 is 0 Å². The van der Waals surface area contributed by atoms with E-state index in [-0.39, 0.29) is 0 Å². The molecule has 5 aliphatic heterocycles. The largest absolute Gasteiger partial charge is 0.372 e. The predicted octanol–water partition coefficient (Wildman–Crippen LogP) is 11.2. The monoisotopic (exact) mass is 768 g/mol. The lowest BCUT2D eigenvalue weighted by Gasteiger charge is -2.43. The molecule has 11 atom stereocenters. The number of hydrogen-bond acceptors (Lipinski definition) is 5. The maximum absolute atomic E-state index is 2.60. The summed E-state index contributed by atoms with van der Waals surface area (Å²) in [5, 5.41) is 0. The van der Waals surface area contributed by atoms with E-state index in [1.807, 2.05) is 0 Å². The molecule has 10 rings (SSSR count). The van der Waals surface area contributed by atoms with Gasteiger partial charge in [-0.3, -0.25) is 0 Å². The summed E-state index contributed by atoms with van der Waals surface area (Å²) in [6, 6.07) is 23.1. The van der Waals surface area contributed by atoms with E-state index in [2.05, 4.69) is 143 Å². The molecule has 3 aliphatic carbocycles. The molecule has 5 nitrogen and oxygen atoms in total. The van der Waals surface area contributed by atoms with Gasteiger partial charge in [-0.05, 0) is 173 Å². The van der Waals surface area contributed by atoms with Crippen LogP contribution in [0.1, 0.15) is 142 Å². The Morgan fingerprint density at radius 3 is 1.50 bits per heavy atom. The minimum atomic E-state index is 0.674. The second kappa shape index (κ2) is 20.3. The van der Waals surface area contributed by atoms with Crippen molar-refractivity contribution < 1.29 is 0 Å². The summed E-state index contributed by atoms with van der Waals surface area (Å²) in [6.07, 6.45) is 24.5. The summed E-state index contributed by atoms with van der Waals surface area (Å²) in [5.41, 5.74) is 5.80. The maximum Gasteiger partial charge on any atom is 0.0399 e. The van der Waals surface area contributed by atoms with E-state index in [1.54, 1.807) is 0 Å². The van der Waals surface area contributed by atoms with Crippen molar-refractivity contribution in [2.75, 3.05) is 51.6 Å². The first-order valence-corrected chi connectivity index (χ1v) is 23.7. The van der Waals surface area contributed by atoms with Crippen molar-refractivity contribution in [3.05, 3.63) is 59.7 Å². The zero-order valence-electron chi connectivity index (χ0n) is 37.9. The first-order valence-electron chi connectivity index (χ1n) is 23.7. The van der Waals surface area contributed by atoms with Gasteiger partial charge in [-0.2, -0.15) is 0 Å². The summed E-state index contributed by atoms with van der Waals surface area (Å²) >= 11 is 0. The molecule has 0 aromatic heterocycles. The number of piperidine rings is 1. The van der Waals surface area contributed by atoms with Crippen LogP contribution >= 0.6 is 0 Å². The number of likely N-dealkylation sites (tertiary alicyclic amines) is 3. The topological polar surface area (TPSA) is 16.2 Å². The second-order valence-corrected chi connectivity index (χ2v) is 20.1. The van der Waals surface area contributed by atoms with Crippen molar-refractivity contribution in [3.8, 4) is 0 Å². The van der Waals surface area contributed by atoms with E-state index in [9.17, 15) is 0 Å². The van der Waals surface area contributed by atoms with Gasteiger partial charge in [0.25, 0.3) is 0 Å². The Morgan fingerprint density at radius 1 is 0.429 bits per heavy atom. The number of fused-ring (bicyclic) bond motifs is 5. The number of para-hydroxylation sites is 2. The third-order valence-electron chi connectivity index (χ3n) is 16.6. The Bertz CT molecular complexity index is 1460. The average Bonchev–Trinajstić information content (AvgIpc) is 3.94. The van der Waals surface area contributed by atoms with Gasteiger partial charge in [0.1, 0.15) is 0 Å². The van der Waals surface area contributed by atoms with E-state index in [4.69, 9.17) is 0 Å². The molecule has 11 unspecified atom stereocenters. The van der Waals surface area contributed by atoms with Gasteiger partial charge in [0.05, 0.1) is 0 Å². The van der Waals surface area contributed by atoms with E-state index in [1.165, 1.54) is 138 Å². The van der Waals surface area contributed by atoms with Gasteiger partial charge < -0.3 is 24.5 Å². The highest BCUT2D eigenvalue weighted by Crippen LogP contribution is 2.41. The Labute approximate surface area is 345 Å². The number of anilines is 2. The summed E-state index contributed by atoms with van der Waals surface area (Å²) in [7, 11) is 11.2. The summed E-state index contributed by atoms with van der Waals surface area (Å²) in [5.74, 6) is 4.22. The molecule has 56 heavy (non-hydrogen) atoms. The minimum Gasteiger partial charge on any atom is -0.372 e. The number of aryl methyl sites for hydroxylation is 1. The molecule has 0 amide bonds. The number of hydrogen-bond donors (Lipinski definition) is 0. The third kappa shape index (κ3) is 10.6. The normalized spacial score (nSPS) is 36.1. The predicted molar refractivity (Wildman–Crippen MR) is 243 cm³/mol. The molecule has 5 heterocycles. The van der Waals surface area contributed by atoms with Crippen LogP contribution in [0.4, 0.5) is 11.4 Å². The van der Waals surface area contributed by atoms with Crippen LogP contribution in [-0.4, -0.2) is 98.8 Å². The standard InChI is InChI=1S/C11H21N.C11H15N.C10H19N.C10H13N.C9H17N/c1-9-7-10-5-3-4-6-11(10)8-12(9)2;1-9-7-8-10-5-3-4-6-11(10)12(9)2;2*1-8-7-9-5-3-4-6-10(9)11(8)2;1-7-6-8-4-3-5-9(8)10(7)2/h9-11H,3-8H2,1-2H3;3-6,9H,7-8H2,1-2H3;8-10H,3-7H2,1-2H3;3-6,8H,7H2,1-2H3;7-9H,3-6H2,1-2H3. The molecule has 314 valence electrons. The minimum absolute atomic E-state index is 0.674. The average molecular weight is 768 g/mol. The molecule has 0 radical (unpaired) electrons. The van der Waals surface area contributed by atoms with Crippen molar-refractivity contribution in [1.29, 1.82) is 0 Å². The van der Waals surface area contributed by atoms with Crippen molar-refractivity contribution in [3.63, 3.8) is 0 Å². The SMILES string of the molecule is CC1CC2CCCC2N1C.CC1CC2CCCCC2CN1C.CC1CC2CCCCC2N1C.CC1CCc2ccccc2N1C.CC1Cc2ccccc2N1C. The van der Waals surface area contributed by atoms with Crippen LogP contribution in [0.5, 0.6) is 0 Å². The first-order chi connectivity index (χ1) is 26.9. The van der Waals surface area contributed by atoms with Crippen LogP contribution in [0.2, 0.25) is 0 Å². The molecule has 0 spiro atoms. The second-order valence-electron chi connectivity index (χ2n) is 20.1. The van der Waals surface area contributed by atoms with Gasteiger partial charge in [-0.15, -0.1) is 0 Å². The van der Waals surface area contributed by atoms with Gasteiger partial charge in [0, 0.05) is 74.3 Å². The summed E-state index contributed by atoms with van der Waals surface area (Å²) in [6.45, 7) is 13.0. The van der Waals surface area contributed by atoms with Crippen LogP contribution in [0.3, 0.4) is 0 Å². The van der Waals surface area contributed by atoms with Crippen LogP contribution in [0.25, 0.3) is 0 Å². The zero-order valence-corrected chi connectivity index (χ0v) is 37.9. The quantitative estimate of drug-likeness (QED) is 0.265. The fourth-order valence-corrected chi connectivity index (χ4v) is 12.3. The van der Waals surface area contributed by atoms with Crippen molar-refractivity contribution in [2.45, 2.75) is 186 Å². The van der Waals surface area contributed by atoms with Crippen LogP contribution in [-0.2, 0) is 12.8 Å². The molecule has 6 fully saturated rings. The van der Waals surface area contributed by atoms with E-state index in [0.29, 0.717) is 12.1 Å². The smallest absolute Gasteiger partial charge is 0.0399 e. The van der Waals surface area contributed by atoms with Crippen molar-refractivity contribution in [2.24, 2.45) is 23.7 Å². The number of benzene rings is 2. The lowest BCUT2D eigenvalue weighted by molar-refractivity contribution is 0.0650. The summed E-state index contributed by atoms with van der Waals surface area (Å²) < 4.78 is 0. The van der Waals surface area contributed by atoms with Crippen LogP contribution in [0, 0.1) is 23.7 Å². The highest BCUT2D eigenvalue weighted by atomic mass is 15.2. The third-order valence-corrected chi connectivity index (χ3v) is 16.6. The molecule has 5 heteroatoms. The van der Waals surface area contributed by atoms with E-state index < -0.39 is 0 Å². The highest BCUT2D eigenvalue weighted by molar-refractivity contribution is 5.58. The molecule has 3 saturated heterocycles. The molecule has 3 saturated carbocycles. The molecule has 0 N–H and O–H groups in total. The Morgan fingerprint density at radius 2 is 0.893 bits per heavy atom. The Hall–Kier alpha value is -2.08. The maximum atomic E-state index is 2.60. The molecule has 0 bridgehead atoms. The van der Waals surface area contributed by atoms with Gasteiger partial charge in [0.15, 0.2) is 0 Å². The first kappa shape index (κ1) is 43.5. The van der Waals surface area contributed by atoms with E-state index in [0.717, 1.165) is 53.9 Å². The number of likely N-dealkylation sites (N-methyl/N-ethyl adjacent to an activating group) is 1. The van der Waals surface area contributed by atoms with E-state index >= 15 is 0 Å². The van der Waals surface area contributed by atoms with Gasteiger partial charge in [0.2, 0.25) is 0 Å². The highest BCUT2D eigenvalue weighted by Gasteiger charge is 2.39. The lowest BCUT2D eigenvalue weighted by atomic mass is 9.73. The number of rotatable bonds is 0. The molecular formula is C51H85N5. The van der Waals surface area contributed by atoms with Crippen molar-refractivity contribution >= 4 is 11.4 Å². The van der Waals surface area contributed by atoms with Crippen molar-refractivity contribution in [1.82, 2.24) is 14.7 Å². The Balaban J connectivity index is 0.000000119. The Kier molecular flexibility index (Phi) is 15.7. The molecular weight excluding hydrogens is 683 g/mol. The zero-order chi connectivity index (χ0) is 39.9. The lowest BCUT2D eigenvalue weighted by Crippen LogP contribution is -2.44.